The van der Waals surface area contributed by atoms with Crippen LogP contribution in [0, 0.1) is 0 Å². The predicted octanol–water partition coefficient (Wildman–Crippen LogP) is 0.836. The summed E-state index contributed by atoms with van der Waals surface area (Å²) in [4.78, 5) is -0.0154. The molecule has 0 unspecified atom stereocenters. The molecule has 1 heterocycles. The van der Waals surface area contributed by atoms with Crippen molar-refractivity contribution >= 4 is 21.5 Å². The number of aromatic nitrogens is 2. The van der Waals surface area contributed by atoms with Crippen molar-refractivity contribution in [1.82, 2.24) is 9.78 Å². The minimum Gasteiger partial charge on any atom is -0.497 e. The number of aryl methyl sites for hydroxylation is 1. The van der Waals surface area contributed by atoms with Crippen LogP contribution >= 0.6 is 0 Å². The highest BCUT2D eigenvalue weighted by atomic mass is 32.2. The monoisotopic (exact) mass is 296 g/mol. The van der Waals surface area contributed by atoms with Crippen molar-refractivity contribution in [3.05, 3.63) is 30.5 Å². The number of nitrogen functional groups attached to an aromatic ring is 1. The first-order valence-corrected chi connectivity index (χ1v) is 7.22. The first kappa shape index (κ1) is 14.2. The molecule has 2 rings (SSSR count). The molecule has 0 radical (unpaired) electrons. The molecule has 0 bridgehead atoms. The van der Waals surface area contributed by atoms with Gasteiger partial charge in [0, 0.05) is 20.3 Å². The summed E-state index contributed by atoms with van der Waals surface area (Å²) in [5.41, 5.74) is 6.14. The Bertz CT molecular complexity index is 707. The summed E-state index contributed by atoms with van der Waals surface area (Å²) in [5, 5.41) is 3.85. The minimum absolute atomic E-state index is 0.0154. The van der Waals surface area contributed by atoms with Gasteiger partial charge in [-0.1, -0.05) is 0 Å². The molecule has 0 aliphatic rings. The minimum atomic E-state index is -3.74. The van der Waals surface area contributed by atoms with Crippen LogP contribution in [0.15, 0.2) is 35.4 Å². The van der Waals surface area contributed by atoms with E-state index in [0.29, 0.717) is 11.4 Å². The number of benzene rings is 1. The number of hydrogen-bond acceptors (Lipinski definition) is 5. The smallest absolute Gasteiger partial charge is 0.269 e. The molecule has 2 N–H and O–H groups in total. The molecule has 7 nitrogen and oxygen atoms in total. The Balaban J connectivity index is 2.40. The number of nitrogens with two attached hydrogens (primary N) is 1. The molecule has 1 aromatic heterocycles. The van der Waals surface area contributed by atoms with Crippen molar-refractivity contribution in [2.24, 2.45) is 7.05 Å². The van der Waals surface area contributed by atoms with E-state index in [2.05, 4.69) is 5.10 Å². The number of sulfonamides is 1. The van der Waals surface area contributed by atoms with E-state index in [1.807, 2.05) is 0 Å². The number of methoxy groups -OCH3 is 1. The van der Waals surface area contributed by atoms with E-state index >= 15 is 0 Å². The van der Waals surface area contributed by atoms with Crippen LogP contribution in [0.5, 0.6) is 5.75 Å². The van der Waals surface area contributed by atoms with Gasteiger partial charge >= 0.3 is 0 Å². The fourth-order valence-corrected chi connectivity index (χ4v) is 3.05. The lowest BCUT2D eigenvalue weighted by Crippen LogP contribution is -2.26. The van der Waals surface area contributed by atoms with Crippen molar-refractivity contribution in [3.8, 4) is 5.75 Å². The quantitative estimate of drug-likeness (QED) is 0.902. The van der Waals surface area contributed by atoms with Gasteiger partial charge in [0.15, 0.2) is 5.82 Å². The summed E-state index contributed by atoms with van der Waals surface area (Å²) in [6.07, 6.45) is 1.38. The largest absolute Gasteiger partial charge is 0.497 e. The van der Waals surface area contributed by atoms with Crippen molar-refractivity contribution < 1.29 is 13.2 Å². The Kier molecular flexibility index (Phi) is 3.58. The van der Waals surface area contributed by atoms with Gasteiger partial charge in [-0.15, -0.1) is 0 Å². The summed E-state index contributed by atoms with van der Waals surface area (Å²) in [5.74, 6) is 0.633. The number of rotatable bonds is 4. The van der Waals surface area contributed by atoms with Gasteiger partial charge in [0.25, 0.3) is 10.0 Å². The first-order chi connectivity index (χ1) is 9.36. The van der Waals surface area contributed by atoms with Gasteiger partial charge in [-0.25, -0.2) is 8.42 Å². The lowest BCUT2D eigenvalue weighted by molar-refractivity contribution is 0.415. The van der Waals surface area contributed by atoms with E-state index in [-0.39, 0.29) is 10.7 Å². The van der Waals surface area contributed by atoms with Crippen LogP contribution in [-0.2, 0) is 17.1 Å². The molecular formula is C12H16N4O3S. The first-order valence-electron chi connectivity index (χ1n) is 5.78. The van der Waals surface area contributed by atoms with Crippen LogP contribution in [0.25, 0.3) is 0 Å². The zero-order valence-corrected chi connectivity index (χ0v) is 12.3. The maximum absolute atomic E-state index is 12.5. The topological polar surface area (TPSA) is 90.5 Å². The number of hydrogen-bond donors (Lipinski definition) is 1. The molecule has 8 heteroatoms. The third-order valence-corrected chi connectivity index (χ3v) is 4.70. The third-order valence-electron chi connectivity index (χ3n) is 2.90. The summed E-state index contributed by atoms with van der Waals surface area (Å²) in [7, 11) is 0.886. The summed E-state index contributed by atoms with van der Waals surface area (Å²) in [6, 6.07) is 6.69. The van der Waals surface area contributed by atoms with Crippen LogP contribution in [0.4, 0.5) is 11.5 Å². The van der Waals surface area contributed by atoms with Gasteiger partial charge in [-0.3, -0.25) is 8.99 Å². The molecule has 108 valence electrons. The summed E-state index contributed by atoms with van der Waals surface area (Å²) in [6.45, 7) is 0. The molecular weight excluding hydrogens is 280 g/mol. The standard InChI is InChI=1S/C12H16N4O3S/c1-15-8-11(12(13)14-15)20(17,18)16(2)9-4-6-10(19-3)7-5-9/h4-8H,1-3H3,(H2,13,14). The molecule has 2 aromatic rings. The third kappa shape index (κ3) is 2.42. The van der Waals surface area contributed by atoms with Crippen LogP contribution in [0.3, 0.4) is 0 Å². The summed E-state index contributed by atoms with van der Waals surface area (Å²) < 4.78 is 32.5. The van der Waals surface area contributed by atoms with E-state index in [1.54, 1.807) is 38.4 Å². The van der Waals surface area contributed by atoms with E-state index in [9.17, 15) is 8.42 Å². The maximum Gasteiger partial charge on any atom is 0.269 e. The van der Waals surface area contributed by atoms with Crippen LogP contribution in [0.1, 0.15) is 0 Å². The van der Waals surface area contributed by atoms with Crippen molar-refractivity contribution in [2.75, 3.05) is 24.2 Å². The molecule has 0 atom stereocenters. The average Bonchev–Trinajstić information content (AvgIpc) is 2.77. The fourth-order valence-electron chi connectivity index (χ4n) is 1.76. The molecule has 0 aliphatic carbocycles. The average molecular weight is 296 g/mol. The van der Waals surface area contributed by atoms with Crippen molar-refractivity contribution in [1.29, 1.82) is 0 Å². The normalized spacial score (nSPS) is 11.3. The molecule has 20 heavy (non-hydrogen) atoms. The van der Waals surface area contributed by atoms with Gasteiger partial charge in [-0.05, 0) is 24.3 Å². The predicted molar refractivity (Wildman–Crippen MR) is 76.2 cm³/mol. The Labute approximate surface area is 117 Å². The zero-order valence-electron chi connectivity index (χ0n) is 11.4. The number of nitrogens with zero attached hydrogens (tertiary/aromatic N) is 3. The Morgan fingerprint density at radius 3 is 2.35 bits per heavy atom. The highest BCUT2D eigenvalue weighted by molar-refractivity contribution is 7.93. The van der Waals surface area contributed by atoms with Gasteiger partial charge in [0.05, 0.1) is 12.8 Å². The van der Waals surface area contributed by atoms with Crippen LogP contribution in [-0.4, -0.2) is 32.4 Å². The van der Waals surface area contributed by atoms with Gasteiger partial charge < -0.3 is 10.5 Å². The van der Waals surface area contributed by atoms with E-state index in [4.69, 9.17) is 10.5 Å². The molecule has 0 aliphatic heterocycles. The zero-order chi connectivity index (χ0) is 14.9. The molecule has 1 aromatic carbocycles. The maximum atomic E-state index is 12.5. The second-order valence-corrected chi connectivity index (χ2v) is 6.16. The lowest BCUT2D eigenvalue weighted by atomic mass is 10.3. The van der Waals surface area contributed by atoms with E-state index in [1.165, 1.54) is 17.9 Å². The van der Waals surface area contributed by atoms with Crippen molar-refractivity contribution in [2.45, 2.75) is 4.90 Å². The number of anilines is 2. The van der Waals surface area contributed by atoms with Gasteiger partial charge in [0.2, 0.25) is 0 Å². The highest BCUT2D eigenvalue weighted by Gasteiger charge is 2.26. The Hall–Kier alpha value is -2.22. The second-order valence-electron chi connectivity index (χ2n) is 4.22. The lowest BCUT2D eigenvalue weighted by Gasteiger charge is -2.19. The van der Waals surface area contributed by atoms with E-state index in [0.717, 1.165) is 4.31 Å². The fraction of sp³-hybridized carbons (Fsp3) is 0.250. The van der Waals surface area contributed by atoms with E-state index < -0.39 is 10.0 Å². The molecule has 0 saturated heterocycles. The summed E-state index contributed by atoms with van der Waals surface area (Å²) >= 11 is 0. The Morgan fingerprint density at radius 1 is 1.30 bits per heavy atom. The van der Waals surface area contributed by atoms with Crippen molar-refractivity contribution in [3.63, 3.8) is 0 Å². The molecule has 0 spiro atoms. The highest BCUT2D eigenvalue weighted by Crippen LogP contribution is 2.26. The van der Waals surface area contributed by atoms with Gasteiger partial charge in [0.1, 0.15) is 10.6 Å². The van der Waals surface area contributed by atoms with Crippen LogP contribution < -0.4 is 14.8 Å². The molecule has 0 amide bonds. The SMILES string of the molecule is COc1ccc(N(C)S(=O)(=O)c2cn(C)nc2N)cc1. The van der Waals surface area contributed by atoms with Gasteiger partial charge in [-0.2, -0.15) is 5.10 Å². The van der Waals surface area contributed by atoms with Crippen LogP contribution in [0.2, 0.25) is 0 Å². The Morgan fingerprint density at radius 2 is 1.90 bits per heavy atom. The molecule has 0 fully saturated rings. The molecule has 0 saturated carbocycles. The number of ether oxygens (including phenoxy) is 1. The second kappa shape index (κ2) is 5.04.